The van der Waals surface area contributed by atoms with Crippen molar-refractivity contribution in [1.29, 1.82) is 0 Å². The van der Waals surface area contributed by atoms with E-state index in [0.717, 1.165) is 19.1 Å². The van der Waals surface area contributed by atoms with Gasteiger partial charge in [0, 0.05) is 0 Å². The van der Waals surface area contributed by atoms with Crippen molar-refractivity contribution in [2.45, 2.75) is 32.0 Å². The van der Waals surface area contributed by atoms with Crippen molar-refractivity contribution in [1.82, 2.24) is 0 Å². The van der Waals surface area contributed by atoms with E-state index in [2.05, 4.69) is 30.3 Å². The third-order valence-corrected chi connectivity index (χ3v) is 4.60. The van der Waals surface area contributed by atoms with Crippen LogP contribution in [0.5, 0.6) is 0 Å². The Morgan fingerprint density at radius 3 is 2.53 bits per heavy atom. The molecule has 0 aliphatic carbocycles. The molecule has 15 heavy (non-hydrogen) atoms. The van der Waals surface area contributed by atoms with E-state index in [1.165, 1.54) is 9.78 Å². The Morgan fingerprint density at radius 1 is 1.27 bits per heavy atom. The second-order valence-corrected chi connectivity index (χ2v) is 6.82. The number of rotatable bonds is 6. The fourth-order valence-corrected chi connectivity index (χ4v) is 3.13. The Bertz CT molecular complexity index is 293. The molecule has 0 radical (unpaired) electrons. The molecule has 0 amide bonds. The third-order valence-electron chi connectivity index (χ3n) is 2.30. The molecule has 82 valence electrons. The molecule has 0 spiro atoms. The first-order valence-electron chi connectivity index (χ1n) is 5.28. The summed E-state index contributed by atoms with van der Waals surface area (Å²) >= 11 is 0.570. The molecule has 1 rings (SSSR count). The zero-order chi connectivity index (χ0) is 11.1. The summed E-state index contributed by atoms with van der Waals surface area (Å²) in [6, 6.07) is 10.6. The Kier molecular flexibility index (Phi) is 5.07. The van der Waals surface area contributed by atoms with Crippen LogP contribution in [-0.4, -0.2) is 21.2 Å². The van der Waals surface area contributed by atoms with Gasteiger partial charge in [-0.05, 0) is 0 Å². The van der Waals surface area contributed by atoms with Crippen molar-refractivity contribution < 1.29 is 4.79 Å². The minimum absolute atomic E-state index is 0.132. The van der Waals surface area contributed by atoms with Crippen LogP contribution in [0.1, 0.15) is 26.7 Å². The average Bonchev–Trinajstić information content (AvgIpc) is 2.26. The van der Waals surface area contributed by atoms with Gasteiger partial charge in [-0.25, -0.2) is 0 Å². The molecular formula is C13H18OSe. The summed E-state index contributed by atoms with van der Waals surface area (Å²) in [5, 5.41) is 1.23. The number of hydrogen-bond donors (Lipinski definition) is 0. The van der Waals surface area contributed by atoms with E-state index in [0.29, 0.717) is 15.0 Å². The molecule has 0 aromatic heterocycles. The number of aldehydes is 1. The van der Waals surface area contributed by atoms with Crippen molar-refractivity contribution >= 4 is 25.7 Å². The van der Waals surface area contributed by atoms with E-state index < -0.39 is 0 Å². The van der Waals surface area contributed by atoms with Crippen molar-refractivity contribution in [2.24, 2.45) is 5.41 Å². The molecule has 1 nitrogen and oxygen atoms in total. The number of hydrogen-bond acceptors (Lipinski definition) is 1. The van der Waals surface area contributed by atoms with Crippen LogP contribution in [0.3, 0.4) is 0 Å². The molecule has 0 fully saturated rings. The Labute approximate surface area is 98.4 Å². The van der Waals surface area contributed by atoms with Gasteiger partial charge >= 0.3 is 98.3 Å². The van der Waals surface area contributed by atoms with Crippen molar-refractivity contribution in [3.63, 3.8) is 0 Å². The van der Waals surface area contributed by atoms with Crippen LogP contribution in [0.4, 0.5) is 0 Å². The summed E-state index contributed by atoms with van der Waals surface area (Å²) in [7, 11) is 0. The SMILES string of the molecule is CC(C)(C=O)CCC[Se]c1ccccc1. The monoisotopic (exact) mass is 270 g/mol. The van der Waals surface area contributed by atoms with Gasteiger partial charge in [-0.1, -0.05) is 0 Å². The van der Waals surface area contributed by atoms with E-state index in [-0.39, 0.29) is 5.41 Å². The van der Waals surface area contributed by atoms with E-state index in [1.807, 2.05) is 13.8 Å². The maximum atomic E-state index is 10.7. The molecule has 0 saturated carbocycles. The van der Waals surface area contributed by atoms with Crippen LogP contribution in [0, 0.1) is 5.41 Å². The first kappa shape index (κ1) is 12.5. The van der Waals surface area contributed by atoms with Gasteiger partial charge in [-0.15, -0.1) is 0 Å². The van der Waals surface area contributed by atoms with E-state index in [1.54, 1.807) is 0 Å². The fraction of sp³-hybridized carbons (Fsp3) is 0.462. The van der Waals surface area contributed by atoms with Crippen LogP contribution in [0.25, 0.3) is 0 Å². The van der Waals surface area contributed by atoms with Crippen molar-refractivity contribution in [3.8, 4) is 0 Å². The summed E-state index contributed by atoms with van der Waals surface area (Å²) in [5.41, 5.74) is -0.132. The zero-order valence-corrected chi connectivity index (χ0v) is 11.1. The fourth-order valence-electron chi connectivity index (χ4n) is 1.29. The summed E-state index contributed by atoms with van der Waals surface area (Å²) in [4.78, 5) is 10.7. The minimum atomic E-state index is -0.132. The zero-order valence-electron chi connectivity index (χ0n) is 9.40. The quantitative estimate of drug-likeness (QED) is 0.440. The predicted octanol–water partition coefficient (Wildman–Crippen LogP) is 2.44. The number of carbonyl (C=O) groups excluding carboxylic acids is 1. The predicted molar refractivity (Wildman–Crippen MR) is 65.7 cm³/mol. The molecule has 0 atom stereocenters. The Balaban J connectivity index is 2.20. The maximum absolute atomic E-state index is 10.7. The van der Waals surface area contributed by atoms with Crippen molar-refractivity contribution in [3.05, 3.63) is 30.3 Å². The van der Waals surface area contributed by atoms with Gasteiger partial charge in [0.25, 0.3) is 0 Å². The molecule has 0 heterocycles. The molecule has 0 unspecified atom stereocenters. The van der Waals surface area contributed by atoms with Gasteiger partial charge in [-0.3, -0.25) is 0 Å². The second-order valence-electron chi connectivity index (χ2n) is 4.37. The van der Waals surface area contributed by atoms with Gasteiger partial charge in [0.15, 0.2) is 0 Å². The molecule has 0 saturated heterocycles. The number of benzene rings is 1. The van der Waals surface area contributed by atoms with Crippen LogP contribution in [0.2, 0.25) is 5.32 Å². The van der Waals surface area contributed by atoms with Crippen LogP contribution in [-0.2, 0) is 4.79 Å². The molecule has 2 heteroatoms. The summed E-state index contributed by atoms with van der Waals surface area (Å²) in [5.74, 6) is 0. The summed E-state index contributed by atoms with van der Waals surface area (Å²) < 4.78 is 1.45. The van der Waals surface area contributed by atoms with Gasteiger partial charge in [0.2, 0.25) is 0 Å². The van der Waals surface area contributed by atoms with Crippen LogP contribution >= 0.6 is 0 Å². The molecule has 0 aliphatic heterocycles. The molecule has 1 aromatic carbocycles. The van der Waals surface area contributed by atoms with Crippen molar-refractivity contribution in [2.75, 3.05) is 0 Å². The first-order valence-corrected chi connectivity index (χ1v) is 7.35. The second kappa shape index (κ2) is 6.09. The first-order chi connectivity index (χ1) is 7.14. The average molecular weight is 269 g/mol. The number of carbonyl (C=O) groups is 1. The molecule has 1 aromatic rings. The normalized spacial score (nSPS) is 11.3. The molecule has 0 aliphatic rings. The molecular weight excluding hydrogens is 251 g/mol. The molecule has 0 bridgehead atoms. The molecule has 0 N–H and O–H groups in total. The van der Waals surface area contributed by atoms with Crippen LogP contribution in [0.15, 0.2) is 30.3 Å². The standard InChI is InChI=1S/C13H18OSe/c1-13(2,11-14)9-6-10-15-12-7-4-3-5-8-12/h3-5,7-8,11H,6,9-10H2,1-2H3. The van der Waals surface area contributed by atoms with E-state index in [9.17, 15) is 4.79 Å². The summed E-state index contributed by atoms with van der Waals surface area (Å²) in [6.45, 7) is 4.02. The summed E-state index contributed by atoms with van der Waals surface area (Å²) in [6.07, 6.45) is 3.23. The Morgan fingerprint density at radius 2 is 1.93 bits per heavy atom. The topological polar surface area (TPSA) is 17.1 Å². The van der Waals surface area contributed by atoms with Gasteiger partial charge in [-0.2, -0.15) is 0 Å². The Hall–Kier alpha value is -0.591. The van der Waals surface area contributed by atoms with Gasteiger partial charge in [0.05, 0.1) is 0 Å². The third kappa shape index (κ3) is 5.15. The van der Waals surface area contributed by atoms with Crippen LogP contribution < -0.4 is 4.46 Å². The van der Waals surface area contributed by atoms with E-state index >= 15 is 0 Å². The van der Waals surface area contributed by atoms with Gasteiger partial charge < -0.3 is 0 Å². The van der Waals surface area contributed by atoms with E-state index in [4.69, 9.17) is 0 Å². The van der Waals surface area contributed by atoms with Gasteiger partial charge in [0.1, 0.15) is 0 Å².